The molecule has 0 heterocycles. The lowest BCUT2D eigenvalue weighted by Crippen LogP contribution is -2.32. The molecule has 0 unspecified atom stereocenters. The van der Waals surface area contributed by atoms with E-state index < -0.39 is 12.0 Å². The molecule has 0 aromatic heterocycles. The number of rotatable bonds is 5. The van der Waals surface area contributed by atoms with E-state index >= 15 is 0 Å². The molecule has 0 aliphatic heterocycles. The van der Waals surface area contributed by atoms with Crippen LogP contribution in [0.25, 0.3) is 0 Å². The molecule has 0 rings (SSSR count). The highest BCUT2D eigenvalue weighted by molar-refractivity contribution is 9.11. The fourth-order valence-electron chi connectivity index (χ4n) is 0.368. The zero-order valence-corrected chi connectivity index (χ0v) is 8.32. The van der Waals surface area contributed by atoms with Gasteiger partial charge in [0.1, 0.15) is 6.04 Å². The number of nitrogens with two attached hydrogens (primary N) is 1. The van der Waals surface area contributed by atoms with Crippen LogP contribution in [0, 0.1) is 0 Å². The molecule has 0 radical (unpaired) electrons. The van der Waals surface area contributed by atoms with Gasteiger partial charge >= 0.3 is 5.97 Å². The fraction of sp³-hybridized carbons (Fsp3) is 0.500. The average molecular weight is 240 g/mol. The fourth-order valence-corrected chi connectivity index (χ4v) is 1.59. The molecular formula is C6H10BrNO2S. The van der Waals surface area contributed by atoms with Crippen molar-refractivity contribution < 1.29 is 9.90 Å². The number of halogens is 1. The van der Waals surface area contributed by atoms with Gasteiger partial charge in [0.2, 0.25) is 0 Å². The second-order valence-electron chi connectivity index (χ2n) is 1.98. The first-order valence-corrected chi connectivity index (χ1v) is 4.88. The lowest BCUT2D eigenvalue weighted by molar-refractivity contribution is -0.137. The standard InChI is InChI=1S/C6H10BrNO2S/c1-4(7)2-11-3-5(8)6(9)10/h5H,1-3,8H2,(H,9,10)/t5-/m0/s1. The second-order valence-corrected chi connectivity index (χ2v) is 4.13. The Balaban J connectivity index is 3.39. The van der Waals surface area contributed by atoms with Gasteiger partial charge < -0.3 is 10.8 Å². The molecule has 0 aliphatic rings. The minimum atomic E-state index is -0.960. The van der Waals surface area contributed by atoms with Crippen LogP contribution in [0.3, 0.4) is 0 Å². The van der Waals surface area contributed by atoms with Gasteiger partial charge in [-0.05, 0) is 4.48 Å². The smallest absolute Gasteiger partial charge is 0.321 e. The van der Waals surface area contributed by atoms with E-state index in [2.05, 4.69) is 22.5 Å². The van der Waals surface area contributed by atoms with Crippen LogP contribution in [0.1, 0.15) is 0 Å². The molecule has 11 heavy (non-hydrogen) atoms. The lowest BCUT2D eigenvalue weighted by Gasteiger charge is -2.04. The summed E-state index contributed by atoms with van der Waals surface area (Å²) in [6.07, 6.45) is 0. The van der Waals surface area contributed by atoms with Gasteiger partial charge in [0, 0.05) is 11.5 Å². The minimum Gasteiger partial charge on any atom is -0.480 e. The average Bonchev–Trinajstić information content (AvgIpc) is 1.86. The van der Waals surface area contributed by atoms with Gasteiger partial charge in [-0.1, -0.05) is 22.5 Å². The Labute approximate surface area is 78.2 Å². The molecule has 0 saturated heterocycles. The van der Waals surface area contributed by atoms with E-state index in [4.69, 9.17) is 10.8 Å². The van der Waals surface area contributed by atoms with Crippen molar-refractivity contribution in [3.05, 3.63) is 11.1 Å². The highest BCUT2D eigenvalue weighted by atomic mass is 79.9. The van der Waals surface area contributed by atoms with Crippen molar-refractivity contribution in [1.82, 2.24) is 0 Å². The summed E-state index contributed by atoms with van der Waals surface area (Å²) < 4.78 is 0.847. The summed E-state index contributed by atoms with van der Waals surface area (Å²) in [6, 6.07) is -0.771. The van der Waals surface area contributed by atoms with E-state index in [1.54, 1.807) is 0 Å². The normalized spacial score (nSPS) is 12.5. The first kappa shape index (κ1) is 11.0. The van der Waals surface area contributed by atoms with Gasteiger partial charge in [-0.25, -0.2) is 0 Å². The minimum absolute atomic E-state index is 0.417. The molecule has 0 amide bonds. The third-order valence-electron chi connectivity index (χ3n) is 0.873. The monoisotopic (exact) mass is 239 g/mol. The Morgan fingerprint density at radius 3 is 2.73 bits per heavy atom. The Hall–Kier alpha value is -0.000000000000000111. The van der Waals surface area contributed by atoms with Gasteiger partial charge in [0.05, 0.1) is 0 Å². The van der Waals surface area contributed by atoms with Crippen molar-refractivity contribution in [2.45, 2.75) is 6.04 Å². The molecule has 5 heteroatoms. The molecular weight excluding hydrogens is 230 g/mol. The van der Waals surface area contributed by atoms with Gasteiger partial charge in [-0.3, -0.25) is 4.79 Å². The summed E-state index contributed by atoms with van der Waals surface area (Å²) in [5.41, 5.74) is 5.24. The van der Waals surface area contributed by atoms with Crippen molar-refractivity contribution in [2.75, 3.05) is 11.5 Å². The number of thioether (sulfide) groups is 1. The van der Waals surface area contributed by atoms with E-state index in [-0.39, 0.29) is 0 Å². The van der Waals surface area contributed by atoms with Crippen molar-refractivity contribution >= 4 is 33.7 Å². The van der Waals surface area contributed by atoms with Gasteiger partial charge in [0.15, 0.2) is 0 Å². The van der Waals surface area contributed by atoms with Gasteiger partial charge in [0.25, 0.3) is 0 Å². The van der Waals surface area contributed by atoms with E-state index in [0.29, 0.717) is 11.5 Å². The van der Waals surface area contributed by atoms with E-state index in [1.807, 2.05) is 0 Å². The van der Waals surface area contributed by atoms with E-state index in [1.165, 1.54) is 11.8 Å². The molecule has 3 N–H and O–H groups in total. The molecule has 0 bridgehead atoms. The van der Waals surface area contributed by atoms with Gasteiger partial charge in [-0.2, -0.15) is 11.8 Å². The predicted octanol–water partition coefficient (Wildman–Crippen LogP) is 1.04. The van der Waals surface area contributed by atoms with E-state index in [9.17, 15) is 4.79 Å². The second kappa shape index (κ2) is 5.62. The third-order valence-corrected chi connectivity index (χ3v) is 2.67. The molecule has 0 spiro atoms. The Bertz CT molecular complexity index is 163. The summed E-state index contributed by atoms with van der Waals surface area (Å²) in [7, 11) is 0. The maximum absolute atomic E-state index is 10.2. The highest BCUT2D eigenvalue weighted by Gasteiger charge is 2.10. The molecule has 3 nitrogen and oxygen atoms in total. The Morgan fingerprint density at radius 1 is 1.82 bits per heavy atom. The molecule has 0 aliphatic carbocycles. The van der Waals surface area contributed by atoms with E-state index in [0.717, 1.165) is 4.48 Å². The van der Waals surface area contributed by atoms with Crippen LogP contribution in [-0.4, -0.2) is 28.6 Å². The molecule has 0 aromatic rings. The zero-order chi connectivity index (χ0) is 8.85. The number of hydrogen-bond donors (Lipinski definition) is 2. The Kier molecular flexibility index (Phi) is 5.62. The maximum Gasteiger partial charge on any atom is 0.321 e. The number of carboxylic acids is 1. The Morgan fingerprint density at radius 2 is 2.36 bits per heavy atom. The molecule has 0 aromatic carbocycles. The topological polar surface area (TPSA) is 63.3 Å². The van der Waals surface area contributed by atoms with Crippen LogP contribution in [0.5, 0.6) is 0 Å². The van der Waals surface area contributed by atoms with Crippen LogP contribution in [0.4, 0.5) is 0 Å². The van der Waals surface area contributed by atoms with Crippen LogP contribution in [-0.2, 0) is 4.79 Å². The molecule has 1 atom stereocenters. The molecule has 0 fully saturated rings. The van der Waals surface area contributed by atoms with Crippen molar-refractivity contribution in [2.24, 2.45) is 5.73 Å². The first-order valence-electron chi connectivity index (χ1n) is 2.93. The van der Waals surface area contributed by atoms with Gasteiger partial charge in [-0.15, -0.1) is 0 Å². The quantitative estimate of drug-likeness (QED) is 0.753. The van der Waals surface area contributed by atoms with Crippen molar-refractivity contribution in [1.29, 1.82) is 0 Å². The summed E-state index contributed by atoms with van der Waals surface area (Å²) in [5, 5.41) is 8.37. The third kappa shape index (κ3) is 6.40. The van der Waals surface area contributed by atoms with Crippen LogP contribution < -0.4 is 5.73 Å². The van der Waals surface area contributed by atoms with Crippen LogP contribution in [0.2, 0.25) is 0 Å². The summed E-state index contributed by atoms with van der Waals surface area (Å²) in [6.45, 7) is 3.60. The van der Waals surface area contributed by atoms with Crippen LogP contribution in [0.15, 0.2) is 11.1 Å². The number of hydrogen-bond acceptors (Lipinski definition) is 3. The number of carbonyl (C=O) groups is 1. The maximum atomic E-state index is 10.2. The molecule has 0 saturated carbocycles. The van der Waals surface area contributed by atoms with Crippen LogP contribution >= 0.6 is 27.7 Å². The van der Waals surface area contributed by atoms with Crippen molar-refractivity contribution in [3.63, 3.8) is 0 Å². The lowest BCUT2D eigenvalue weighted by atomic mass is 10.4. The largest absolute Gasteiger partial charge is 0.480 e. The van der Waals surface area contributed by atoms with Crippen molar-refractivity contribution in [3.8, 4) is 0 Å². The number of carboxylic acid groups (broad SMARTS) is 1. The summed E-state index contributed by atoms with van der Waals surface area (Å²) >= 11 is 4.60. The highest BCUT2D eigenvalue weighted by Crippen LogP contribution is 2.11. The SMILES string of the molecule is C=C(Br)CSC[C@H](N)C(=O)O. The predicted molar refractivity (Wildman–Crippen MR) is 51.0 cm³/mol. The molecule has 64 valence electrons. The zero-order valence-electron chi connectivity index (χ0n) is 5.92. The first-order chi connectivity index (χ1) is 5.04. The summed E-state index contributed by atoms with van der Waals surface area (Å²) in [5.74, 6) is 0.152. The summed E-state index contributed by atoms with van der Waals surface area (Å²) in [4.78, 5) is 10.2. The number of aliphatic carboxylic acids is 1.